The summed E-state index contributed by atoms with van der Waals surface area (Å²) in [4.78, 5) is 11.5. The number of rotatable bonds is 2. The number of hydrogen-bond donors (Lipinski definition) is 3. The third-order valence-corrected chi connectivity index (χ3v) is 2.88. The van der Waals surface area contributed by atoms with Crippen molar-refractivity contribution < 1.29 is 9.90 Å². The fourth-order valence-corrected chi connectivity index (χ4v) is 1.77. The van der Waals surface area contributed by atoms with E-state index < -0.39 is 0 Å². The molecule has 0 aromatic heterocycles. The molecule has 2 fully saturated rings. The number of β-amino-alcohol motifs (C(OH)–C–C–N with tert-alkyl or cyclic N) is 1. The second kappa shape index (κ2) is 3.64. The van der Waals surface area contributed by atoms with Gasteiger partial charge >= 0.3 is 0 Å². The molecule has 1 aliphatic heterocycles. The summed E-state index contributed by atoms with van der Waals surface area (Å²) < 4.78 is 0. The van der Waals surface area contributed by atoms with Gasteiger partial charge in [-0.1, -0.05) is 0 Å². The van der Waals surface area contributed by atoms with E-state index in [-0.39, 0.29) is 18.1 Å². The first-order chi connectivity index (χ1) is 6.25. The Labute approximate surface area is 77.7 Å². The largest absolute Gasteiger partial charge is 0.392 e. The van der Waals surface area contributed by atoms with Crippen LogP contribution in [0.1, 0.15) is 25.7 Å². The molecular formula is C9H16N2O2. The van der Waals surface area contributed by atoms with Gasteiger partial charge in [-0.25, -0.2) is 0 Å². The molecule has 1 saturated carbocycles. The highest BCUT2D eigenvalue weighted by Gasteiger charge is 2.30. The third-order valence-electron chi connectivity index (χ3n) is 2.88. The summed E-state index contributed by atoms with van der Waals surface area (Å²) in [5, 5.41) is 15.2. The van der Waals surface area contributed by atoms with Crippen molar-refractivity contribution >= 4 is 5.91 Å². The van der Waals surface area contributed by atoms with Crippen LogP contribution in [0.4, 0.5) is 0 Å². The molecule has 0 radical (unpaired) electrons. The first-order valence-electron chi connectivity index (χ1n) is 4.97. The first-order valence-corrected chi connectivity index (χ1v) is 4.97. The van der Waals surface area contributed by atoms with Crippen LogP contribution < -0.4 is 10.6 Å². The summed E-state index contributed by atoms with van der Waals surface area (Å²) in [7, 11) is 0. The lowest BCUT2D eigenvalue weighted by atomic mass is 9.93. The molecule has 2 atom stereocenters. The summed E-state index contributed by atoms with van der Waals surface area (Å²) in [6.07, 6.45) is 3.66. The Bertz CT molecular complexity index is 204. The van der Waals surface area contributed by atoms with Crippen molar-refractivity contribution in [1.82, 2.24) is 10.6 Å². The second-order valence-corrected chi connectivity index (χ2v) is 3.99. The van der Waals surface area contributed by atoms with Crippen LogP contribution in [-0.4, -0.2) is 35.7 Å². The Morgan fingerprint density at radius 3 is 2.69 bits per heavy atom. The van der Waals surface area contributed by atoms with Crippen LogP contribution in [0.2, 0.25) is 0 Å². The van der Waals surface area contributed by atoms with E-state index in [1.807, 2.05) is 0 Å². The monoisotopic (exact) mass is 184 g/mol. The normalized spacial score (nSPS) is 34.2. The number of carbonyl (C=O) groups is 1. The molecule has 74 valence electrons. The predicted molar refractivity (Wildman–Crippen MR) is 48.2 cm³/mol. The standard InChI is InChI=1S/C9H16N2O2/c12-7-4-8(10-5-7)9(13)11-6-2-1-3-6/h6-8,10,12H,1-5H2,(H,11,13)/t7-,8-/m1/s1. The Balaban J connectivity index is 1.76. The Morgan fingerprint density at radius 2 is 2.23 bits per heavy atom. The minimum Gasteiger partial charge on any atom is -0.392 e. The molecule has 0 bridgehead atoms. The molecule has 13 heavy (non-hydrogen) atoms. The molecular weight excluding hydrogens is 168 g/mol. The number of hydrogen-bond acceptors (Lipinski definition) is 3. The van der Waals surface area contributed by atoms with Gasteiger partial charge < -0.3 is 15.7 Å². The molecule has 1 saturated heterocycles. The number of aliphatic hydroxyl groups is 1. The van der Waals surface area contributed by atoms with E-state index in [4.69, 9.17) is 0 Å². The number of nitrogens with one attached hydrogen (secondary N) is 2. The van der Waals surface area contributed by atoms with Gasteiger partial charge in [0.05, 0.1) is 12.1 Å². The minimum absolute atomic E-state index is 0.0567. The minimum atomic E-state index is -0.350. The molecule has 1 aliphatic carbocycles. The highest BCUT2D eigenvalue weighted by Crippen LogP contribution is 2.18. The van der Waals surface area contributed by atoms with Gasteiger partial charge in [0, 0.05) is 12.6 Å². The lowest BCUT2D eigenvalue weighted by Crippen LogP contribution is -2.47. The van der Waals surface area contributed by atoms with Crippen molar-refractivity contribution in [2.45, 2.75) is 43.9 Å². The van der Waals surface area contributed by atoms with Crippen molar-refractivity contribution in [1.29, 1.82) is 0 Å². The fourth-order valence-electron chi connectivity index (χ4n) is 1.77. The topological polar surface area (TPSA) is 61.4 Å². The van der Waals surface area contributed by atoms with E-state index in [1.165, 1.54) is 6.42 Å². The molecule has 1 heterocycles. The van der Waals surface area contributed by atoms with Gasteiger partial charge in [0.1, 0.15) is 0 Å². The van der Waals surface area contributed by atoms with Gasteiger partial charge in [0.15, 0.2) is 0 Å². The van der Waals surface area contributed by atoms with E-state index in [1.54, 1.807) is 0 Å². The smallest absolute Gasteiger partial charge is 0.237 e. The van der Waals surface area contributed by atoms with Crippen LogP contribution in [0.25, 0.3) is 0 Å². The Morgan fingerprint density at radius 1 is 1.46 bits per heavy atom. The molecule has 3 N–H and O–H groups in total. The quantitative estimate of drug-likeness (QED) is 0.536. The second-order valence-electron chi connectivity index (χ2n) is 3.99. The van der Waals surface area contributed by atoms with Crippen molar-refractivity contribution in [3.8, 4) is 0 Å². The highest BCUT2D eigenvalue weighted by molar-refractivity contribution is 5.82. The van der Waals surface area contributed by atoms with Crippen LogP contribution in [-0.2, 0) is 4.79 Å². The van der Waals surface area contributed by atoms with E-state index in [0.29, 0.717) is 19.0 Å². The first kappa shape index (κ1) is 8.97. The average Bonchev–Trinajstić information content (AvgIpc) is 2.44. The van der Waals surface area contributed by atoms with Gasteiger partial charge in [-0.05, 0) is 25.7 Å². The number of amides is 1. The van der Waals surface area contributed by atoms with Gasteiger partial charge in [0.2, 0.25) is 5.91 Å². The van der Waals surface area contributed by atoms with Gasteiger partial charge in [-0.2, -0.15) is 0 Å². The third kappa shape index (κ3) is 2.00. The predicted octanol–water partition coefficient (Wildman–Crippen LogP) is -0.622. The molecule has 0 aromatic rings. The molecule has 2 rings (SSSR count). The molecule has 4 nitrogen and oxygen atoms in total. The summed E-state index contributed by atoms with van der Waals surface area (Å²) in [6, 6.07) is 0.225. The summed E-state index contributed by atoms with van der Waals surface area (Å²) in [5.74, 6) is 0.0567. The van der Waals surface area contributed by atoms with E-state index in [2.05, 4.69) is 10.6 Å². The van der Waals surface area contributed by atoms with Crippen molar-refractivity contribution in [3.05, 3.63) is 0 Å². The number of aliphatic hydroxyl groups excluding tert-OH is 1. The van der Waals surface area contributed by atoms with Crippen LogP contribution in [0, 0.1) is 0 Å². The molecule has 1 amide bonds. The average molecular weight is 184 g/mol. The molecule has 0 aromatic carbocycles. The lowest BCUT2D eigenvalue weighted by Gasteiger charge is -2.27. The van der Waals surface area contributed by atoms with E-state index >= 15 is 0 Å². The lowest BCUT2D eigenvalue weighted by molar-refractivity contribution is -0.124. The van der Waals surface area contributed by atoms with Crippen LogP contribution in [0.15, 0.2) is 0 Å². The van der Waals surface area contributed by atoms with Gasteiger partial charge in [0.25, 0.3) is 0 Å². The van der Waals surface area contributed by atoms with Crippen molar-refractivity contribution in [3.63, 3.8) is 0 Å². The summed E-state index contributed by atoms with van der Waals surface area (Å²) >= 11 is 0. The zero-order valence-corrected chi connectivity index (χ0v) is 7.62. The van der Waals surface area contributed by atoms with Crippen LogP contribution in [0.5, 0.6) is 0 Å². The summed E-state index contributed by atoms with van der Waals surface area (Å²) in [5.41, 5.74) is 0. The Hall–Kier alpha value is -0.610. The zero-order chi connectivity index (χ0) is 9.26. The van der Waals surface area contributed by atoms with Crippen molar-refractivity contribution in [2.24, 2.45) is 0 Å². The summed E-state index contributed by atoms with van der Waals surface area (Å²) in [6.45, 7) is 0.544. The maximum Gasteiger partial charge on any atom is 0.237 e. The maximum atomic E-state index is 11.5. The van der Waals surface area contributed by atoms with Gasteiger partial charge in [-0.3, -0.25) is 4.79 Å². The molecule has 0 unspecified atom stereocenters. The van der Waals surface area contributed by atoms with Crippen LogP contribution in [0.3, 0.4) is 0 Å². The van der Waals surface area contributed by atoms with Gasteiger partial charge in [-0.15, -0.1) is 0 Å². The molecule has 2 aliphatic rings. The van der Waals surface area contributed by atoms with Crippen molar-refractivity contribution in [2.75, 3.05) is 6.54 Å². The highest BCUT2D eigenvalue weighted by atomic mass is 16.3. The molecule has 4 heteroatoms. The van der Waals surface area contributed by atoms with E-state index in [9.17, 15) is 9.90 Å². The number of carbonyl (C=O) groups excluding carboxylic acids is 1. The van der Waals surface area contributed by atoms with Crippen LogP contribution >= 0.6 is 0 Å². The molecule has 0 spiro atoms. The van der Waals surface area contributed by atoms with E-state index in [0.717, 1.165) is 12.8 Å². The maximum absolute atomic E-state index is 11.5. The zero-order valence-electron chi connectivity index (χ0n) is 7.62. The fraction of sp³-hybridized carbons (Fsp3) is 0.889. The SMILES string of the molecule is O=C(NC1CCC1)[C@H]1C[C@@H](O)CN1. The Kier molecular flexibility index (Phi) is 2.51.